The molecule has 162 valence electrons. The molecule has 7 heteroatoms. The van der Waals surface area contributed by atoms with E-state index in [0.29, 0.717) is 10.6 Å². The number of hydrogen-bond acceptors (Lipinski definition) is 5. The summed E-state index contributed by atoms with van der Waals surface area (Å²) in [5.74, 6) is 0.123. The van der Waals surface area contributed by atoms with Crippen LogP contribution >= 0.6 is 11.3 Å². The van der Waals surface area contributed by atoms with E-state index in [1.165, 1.54) is 11.3 Å². The predicted octanol–water partition coefficient (Wildman–Crippen LogP) is 5.01. The molecule has 1 fully saturated rings. The Morgan fingerprint density at radius 3 is 2.58 bits per heavy atom. The minimum atomic E-state index is -0.467. The van der Waals surface area contributed by atoms with Gasteiger partial charge >= 0.3 is 6.09 Å². The van der Waals surface area contributed by atoms with Crippen LogP contribution < -0.4 is 15.8 Å². The maximum absolute atomic E-state index is 12.2. The molecule has 1 aliphatic carbocycles. The summed E-state index contributed by atoms with van der Waals surface area (Å²) in [6.45, 7) is 0.256. The van der Waals surface area contributed by atoms with Gasteiger partial charge < -0.3 is 20.5 Å². The van der Waals surface area contributed by atoms with E-state index in [0.717, 1.165) is 47.8 Å². The second-order valence-corrected chi connectivity index (χ2v) is 8.82. The zero-order chi connectivity index (χ0) is 21.6. The highest BCUT2D eigenvalue weighted by molar-refractivity contribution is 7.21. The molecule has 1 saturated carbocycles. The van der Waals surface area contributed by atoms with E-state index in [9.17, 15) is 9.59 Å². The lowest BCUT2D eigenvalue weighted by molar-refractivity contribution is 0.0996. The van der Waals surface area contributed by atoms with Crippen molar-refractivity contribution in [3.8, 4) is 5.75 Å². The van der Waals surface area contributed by atoms with Gasteiger partial charge in [-0.25, -0.2) is 4.79 Å². The number of hydrogen-bond donors (Lipinski definition) is 2. The molecule has 1 aromatic heterocycles. The Morgan fingerprint density at radius 1 is 1.00 bits per heavy atom. The Labute approximate surface area is 185 Å². The fraction of sp³-hybridized carbons (Fsp3) is 0.333. The summed E-state index contributed by atoms with van der Waals surface area (Å²) in [6, 6.07) is 17.5. The van der Waals surface area contributed by atoms with Crippen molar-refractivity contribution in [1.82, 2.24) is 5.32 Å². The van der Waals surface area contributed by atoms with E-state index in [1.54, 1.807) is 0 Å². The molecule has 2 atom stereocenters. The molecule has 3 N–H and O–H groups in total. The number of benzene rings is 2. The van der Waals surface area contributed by atoms with E-state index >= 15 is 0 Å². The third kappa shape index (κ3) is 5.35. The number of carbonyl (C=O) groups excluding carboxylic acids is 2. The van der Waals surface area contributed by atoms with Crippen LogP contribution in [-0.2, 0) is 11.3 Å². The van der Waals surface area contributed by atoms with Crippen LogP contribution in [0, 0.1) is 0 Å². The van der Waals surface area contributed by atoms with Crippen LogP contribution in [0.4, 0.5) is 4.79 Å². The molecule has 3 aromatic rings. The second kappa shape index (κ2) is 9.83. The van der Waals surface area contributed by atoms with Gasteiger partial charge in [0.15, 0.2) is 5.75 Å². The highest BCUT2D eigenvalue weighted by Crippen LogP contribution is 2.39. The van der Waals surface area contributed by atoms with E-state index < -0.39 is 12.0 Å². The van der Waals surface area contributed by atoms with Gasteiger partial charge in [-0.3, -0.25) is 4.79 Å². The van der Waals surface area contributed by atoms with Crippen molar-refractivity contribution in [1.29, 1.82) is 0 Å². The number of amides is 2. The fourth-order valence-corrected chi connectivity index (χ4v) is 4.92. The lowest BCUT2D eigenvalue weighted by Crippen LogP contribution is -2.35. The first kappa shape index (κ1) is 21.2. The largest absolute Gasteiger partial charge is 0.488 e. The molecule has 0 aliphatic heterocycles. The average molecular weight is 439 g/mol. The summed E-state index contributed by atoms with van der Waals surface area (Å²) in [4.78, 5) is 24.6. The number of nitrogens with two attached hydrogens (primary N) is 1. The maximum atomic E-state index is 12.2. The maximum Gasteiger partial charge on any atom is 0.407 e. The van der Waals surface area contributed by atoms with Gasteiger partial charge in [0.2, 0.25) is 0 Å². The molecule has 0 saturated heterocycles. The Morgan fingerprint density at radius 2 is 1.77 bits per heavy atom. The van der Waals surface area contributed by atoms with Gasteiger partial charge in [-0.2, -0.15) is 0 Å². The molecular weight excluding hydrogens is 412 g/mol. The Balaban J connectivity index is 1.33. The number of thiophene rings is 1. The monoisotopic (exact) mass is 438 g/mol. The van der Waals surface area contributed by atoms with Crippen LogP contribution in [0.25, 0.3) is 10.1 Å². The topological polar surface area (TPSA) is 90.7 Å². The molecular formula is C24H26N2O4S. The van der Waals surface area contributed by atoms with Gasteiger partial charge in [0.1, 0.15) is 11.5 Å². The van der Waals surface area contributed by atoms with Gasteiger partial charge in [-0.15, -0.1) is 11.3 Å². The van der Waals surface area contributed by atoms with Crippen molar-refractivity contribution in [2.24, 2.45) is 5.73 Å². The smallest absolute Gasteiger partial charge is 0.407 e. The summed E-state index contributed by atoms with van der Waals surface area (Å²) in [7, 11) is 0. The van der Waals surface area contributed by atoms with Crippen LogP contribution in [0.2, 0.25) is 0 Å². The van der Waals surface area contributed by atoms with Crippen LogP contribution in [0.1, 0.15) is 47.3 Å². The molecule has 4 rings (SSSR count). The standard InChI is InChI=1S/C24H26N2O4S/c25-23(27)22-21(19-11-4-5-12-20(19)31-22)30-18-10-6-9-17(13-14-18)26-24(28)29-15-16-7-2-1-3-8-16/h1-5,7-8,11-12,17-18H,6,9-10,13-15H2,(H2,25,27)(H,26,28)/t17-,18?/m0/s1. The van der Waals surface area contributed by atoms with Gasteiger partial charge in [0.05, 0.1) is 6.10 Å². The molecule has 1 heterocycles. The molecule has 31 heavy (non-hydrogen) atoms. The van der Waals surface area contributed by atoms with E-state index in [2.05, 4.69) is 5.32 Å². The molecule has 2 aromatic carbocycles. The first-order valence-electron chi connectivity index (χ1n) is 10.6. The zero-order valence-electron chi connectivity index (χ0n) is 17.2. The van der Waals surface area contributed by atoms with Crippen LogP contribution in [0.5, 0.6) is 5.75 Å². The minimum absolute atomic E-state index is 0.0248. The summed E-state index contributed by atoms with van der Waals surface area (Å²) in [6.07, 6.45) is 3.80. The molecule has 0 radical (unpaired) electrons. The number of alkyl carbamates (subject to hydrolysis) is 1. The molecule has 1 unspecified atom stereocenters. The number of rotatable bonds is 6. The van der Waals surface area contributed by atoms with Gasteiger partial charge in [0, 0.05) is 16.1 Å². The van der Waals surface area contributed by atoms with E-state index in [1.807, 2.05) is 54.6 Å². The molecule has 0 bridgehead atoms. The van der Waals surface area contributed by atoms with Crippen LogP contribution in [0.3, 0.4) is 0 Å². The van der Waals surface area contributed by atoms with Crippen molar-refractivity contribution in [3.63, 3.8) is 0 Å². The Hall–Kier alpha value is -3.06. The second-order valence-electron chi connectivity index (χ2n) is 7.77. The third-order valence-electron chi connectivity index (χ3n) is 5.51. The Kier molecular flexibility index (Phi) is 6.72. The van der Waals surface area contributed by atoms with Crippen molar-refractivity contribution in [2.75, 3.05) is 0 Å². The van der Waals surface area contributed by atoms with E-state index in [-0.39, 0.29) is 18.8 Å². The quantitative estimate of drug-likeness (QED) is 0.530. The third-order valence-corrected chi connectivity index (χ3v) is 6.68. The molecule has 0 spiro atoms. The summed E-state index contributed by atoms with van der Waals surface area (Å²) >= 11 is 1.37. The SMILES string of the molecule is NC(=O)c1sc2ccccc2c1OC1CCC[C@H](NC(=O)OCc2ccccc2)CC1. The van der Waals surface area contributed by atoms with Crippen molar-refractivity contribution in [2.45, 2.75) is 50.9 Å². The molecule has 6 nitrogen and oxygen atoms in total. The van der Waals surface area contributed by atoms with Gasteiger partial charge in [-0.05, 0) is 49.8 Å². The highest BCUT2D eigenvalue weighted by atomic mass is 32.1. The summed E-state index contributed by atoms with van der Waals surface area (Å²) < 4.78 is 12.6. The van der Waals surface area contributed by atoms with E-state index in [4.69, 9.17) is 15.2 Å². The molecule has 1 aliphatic rings. The number of nitrogens with one attached hydrogen (secondary N) is 1. The lowest BCUT2D eigenvalue weighted by Gasteiger charge is -2.18. The zero-order valence-corrected chi connectivity index (χ0v) is 18.0. The van der Waals surface area contributed by atoms with Gasteiger partial charge in [0.25, 0.3) is 5.91 Å². The fourth-order valence-electron chi connectivity index (χ4n) is 3.93. The summed E-state index contributed by atoms with van der Waals surface area (Å²) in [5.41, 5.74) is 6.55. The number of ether oxygens (including phenoxy) is 2. The average Bonchev–Trinajstić information content (AvgIpc) is 3.00. The lowest BCUT2D eigenvalue weighted by atomic mass is 10.1. The van der Waals surface area contributed by atoms with Crippen molar-refractivity contribution < 1.29 is 19.1 Å². The highest BCUT2D eigenvalue weighted by Gasteiger charge is 2.25. The van der Waals surface area contributed by atoms with Crippen molar-refractivity contribution in [3.05, 3.63) is 65.0 Å². The normalized spacial score (nSPS) is 18.8. The van der Waals surface area contributed by atoms with Crippen molar-refractivity contribution >= 4 is 33.4 Å². The first-order valence-corrected chi connectivity index (χ1v) is 11.4. The molecule has 2 amide bonds. The summed E-state index contributed by atoms with van der Waals surface area (Å²) in [5, 5.41) is 3.90. The number of primary amides is 1. The number of carbonyl (C=O) groups is 2. The predicted molar refractivity (Wildman–Crippen MR) is 121 cm³/mol. The number of fused-ring (bicyclic) bond motifs is 1. The van der Waals surface area contributed by atoms with Crippen LogP contribution in [-0.4, -0.2) is 24.1 Å². The van der Waals surface area contributed by atoms with Crippen LogP contribution in [0.15, 0.2) is 54.6 Å². The van der Waals surface area contributed by atoms with Gasteiger partial charge in [-0.1, -0.05) is 42.5 Å². The Bertz CT molecular complexity index is 1050. The first-order chi connectivity index (χ1) is 15.1. The minimum Gasteiger partial charge on any atom is -0.488 e.